The number of nitrogens with one attached hydrogen (secondary N) is 2. The number of nitrogens with zero attached hydrogens (tertiary/aromatic N) is 2. The molecule has 2 aliphatic heterocycles. The zero-order valence-corrected chi connectivity index (χ0v) is 17.0. The van der Waals surface area contributed by atoms with Crippen LogP contribution >= 0.6 is 0 Å². The predicted octanol–water partition coefficient (Wildman–Crippen LogP) is 0.411. The minimum Gasteiger partial charge on any atom is -0.354 e. The lowest BCUT2D eigenvalue weighted by Crippen LogP contribution is -2.49. The number of hydrogen-bond acceptors (Lipinski definition) is 5. The van der Waals surface area contributed by atoms with Crippen molar-refractivity contribution in [3.8, 4) is 0 Å². The zero-order chi connectivity index (χ0) is 20.1. The second kappa shape index (κ2) is 9.02. The van der Waals surface area contributed by atoms with Gasteiger partial charge in [-0.15, -0.1) is 0 Å². The Kier molecular flexibility index (Phi) is 6.69. The van der Waals surface area contributed by atoms with Gasteiger partial charge in [-0.1, -0.05) is 18.6 Å². The fourth-order valence-electron chi connectivity index (χ4n) is 3.74. The molecule has 1 atom stereocenters. The van der Waals surface area contributed by atoms with Gasteiger partial charge in [0, 0.05) is 38.8 Å². The van der Waals surface area contributed by atoms with Crippen LogP contribution in [0.25, 0.3) is 0 Å². The number of sulfonamides is 1. The Labute approximate surface area is 166 Å². The van der Waals surface area contributed by atoms with E-state index in [4.69, 9.17) is 0 Å². The molecule has 2 aliphatic rings. The highest BCUT2D eigenvalue weighted by Gasteiger charge is 2.33. The van der Waals surface area contributed by atoms with Crippen molar-refractivity contribution in [1.82, 2.24) is 19.8 Å². The molecule has 3 rings (SSSR count). The second-order valence-electron chi connectivity index (χ2n) is 7.34. The normalized spacial score (nSPS) is 21.9. The van der Waals surface area contributed by atoms with Gasteiger partial charge in [-0.2, -0.15) is 4.31 Å². The van der Waals surface area contributed by atoms with Crippen LogP contribution < -0.4 is 10.6 Å². The van der Waals surface area contributed by atoms with E-state index in [0.29, 0.717) is 32.7 Å². The van der Waals surface area contributed by atoms with Crippen LogP contribution in [-0.4, -0.2) is 74.7 Å². The molecule has 0 bridgehead atoms. The Morgan fingerprint density at radius 2 is 2.04 bits per heavy atom. The van der Waals surface area contributed by atoms with Crippen molar-refractivity contribution in [2.24, 2.45) is 0 Å². The largest absolute Gasteiger partial charge is 0.354 e. The van der Waals surface area contributed by atoms with Crippen LogP contribution in [0.1, 0.15) is 36.5 Å². The summed E-state index contributed by atoms with van der Waals surface area (Å²) in [4.78, 5) is 26.1. The van der Waals surface area contributed by atoms with E-state index in [-0.39, 0.29) is 22.4 Å². The average molecular weight is 409 g/mol. The molecule has 1 aromatic rings. The van der Waals surface area contributed by atoms with Crippen molar-refractivity contribution in [2.45, 2.75) is 37.1 Å². The van der Waals surface area contributed by atoms with Crippen molar-refractivity contribution in [3.05, 3.63) is 29.8 Å². The minimum atomic E-state index is -3.73. The Morgan fingerprint density at radius 3 is 2.79 bits per heavy atom. The minimum absolute atomic E-state index is 0.0235. The van der Waals surface area contributed by atoms with Crippen molar-refractivity contribution in [1.29, 1.82) is 0 Å². The first-order chi connectivity index (χ1) is 13.4. The molecule has 0 radical (unpaired) electrons. The third kappa shape index (κ3) is 4.71. The van der Waals surface area contributed by atoms with E-state index in [2.05, 4.69) is 10.6 Å². The summed E-state index contributed by atoms with van der Waals surface area (Å²) in [5, 5.41) is 5.55. The van der Waals surface area contributed by atoms with Crippen LogP contribution in [0.3, 0.4) is 0 Å². The first kappa shape index (κ1) is 20.8. The van der Waals surface area contributed by atoms with Crippen molar-refractivity contribution in [3.63, 3.8) is 0 Å². The predicted molar refractivity (Wildman–Crippen MR) is 105 cm³/mol. The van der Waals surface area contributed by atoms with Gasteiger partial charge in [0.15, 0.2) is 0 Å². The van der Waals surface area contributed by atoms with Gasteiger partial charge in [0.25, 0.3) is 5.91 Å². The lowest BCUT2D eigenvalue weighted by Gasteiger charge is -2.32. The first-order valence-electron chi connectivity index (χ1n) is 9.77. The van der Waals surface area contributed by atoms with E-state index in [0.717, 1.165) is 25.8 Å². The molecule has 0 aromatic heterocycles. The highest BCUT2D eigenvalue weighted by atomic mass is 32.2. The van der Waals surface area contributed by atoms with Gasteiger partial charge in [0.05, 0.1) is 17.0 Å². The highest BCUT2D eigenvalue weighted by molar-refractivity contribution is 7.89. The van der Waals surface area contributed by atoms with E-state index in [1.807, 2.05) is 11.8 Å². The monoisotopic (exact) mass is 408 g/mol. The SMILES string of the molecule is CC1CCCCN1S(=O)(=O)c1ccccc1C(=O)NCCN1CCNC(=O)C1. The summed E-state index contributed by atoms with van der Waals surface area (Å²) in [7, 11) is -3.73. The molecule has 9 heteroatoms. The maximum atomic E-state index is 13.2. The average Bonchev–Trinajstić information content (AvgIpc) is 2.68. The molecule has 2 heterocycles. The molecule has 0 spiro atoms. The van der Waals surface area contributed by atoms with Crippen LogP contribution in [0.5, 0.6) is 0 Å². The van der Waals surface area contributed by atoms with Crippen LogP contribution in [-0.2, 0) is 14.8 Å². The standard InChI is InChI=1S/C19H28N4O4S/c1-15-6-4-5-11-23(15)28(26,27)17-8-3-2-7-16(17)19(25)21-10-13-22-12-9-20-18(24)14-22/h2-3,7-8,15H,4-6,9-14H2,1H3,(H,20,24)(H,21,25). The molecular weight excluding hydrogens is 380 g/mol. The number of rotatable bonds is 6. The van der Waals surface area contributed by atoms with Gasteiger partial charge in [-0.3, -0.25) is 14.5 Å². The van der Waals surface area contributed by atoms with Crippen molar-refractivity contribution >= 4 is 21.8 Å². The molecule has 154 valence electrons. The number of benzene rings is 1. The van der Waals surface area contributed by atoms with Crippen LogP contribution in [0.2, 0.25) is 0 Å². The molecule has 2 saturated heterocycles. The quantitative estimate of drug-likeness (QED) is 0.710. The molecule has 28 heavy (non-hydrogen) atoms. The lowest BCUT2D eigenvalue weighted by molar-refractivity contribution is -0.124. The van der Waals surface area contributed by atoms with Gasteiger partial charge in [-0.05, 0) is 31.9 Å². The number of hydrogen-bond donors (Lipinski definition) is 2. The summed E-state index contributed by atoms with van der Waals surface area (Å²) in [6.07, 6.45) is 2.68. The molecule has 0 aliphatic carbocycles. The van der Waals surface area contributed by atoms with Gasteiger partial charge in [0.1, 0.15) is 0 Å². The Hall–Kier alpha value is -1.97. The molecule has 2 amide bonds. The van der Waals surface area contributed by atoms with E-state index in [1.54, 1.807) is 18.2 Å². The smallest absolute Gasteiger partial charge is 0.252 e. The van der Waals surface area contributed by atoms with Gasteiger partial charge < -0.3 is 10.6 Å². The highest BCUT2D eigenvalue weighted by Crippen LogP contribution is 2.27. The topological polar surface area (TPSA) is 98.8 Å². The summed E-state index contributed by atoms with van der Waals surface area (Å²) in [6, 6.07) is 6.29. The van der Waals surface area contributed by atoms with Crippen LogP contribution in [0, 0.1) is 0 Å². The van der Waals surface area contributed by atoms with E-state index in [9.17, 15) is 18.0 Å². The van der Waals surface area contributed by atoms with Crippen molar-refractivity contribution in [2.75, 3.05) is 39.3 Å². The maximum absolute atomic E-state index is 13.2. The number of piperazine rings is 1. The Bertz CT molecular complexity index is 827. The third-order valence-corrected chi connectivity index (χ3v) is 7.36. The maximum Gasteiger partial charge on any atom is 0.252 e. The van der Waals surface area contributed by atoms with Crippen molar-refractivity contribution < 1.29 is 18.0 Å². The van der Waals surface area contributed by atoms with Gasteiger partial charge in [0.2, 0.25) is 15.9 Å². The second-order valence-corrected chi connectivity index (χ2v) is 9.20. The summed E-state index contributed by atoms with van der Waals surface area (Å²) in [6.45, 7) is 4.93. The fourth-order valence-corrected chi connectivity index (χ4v) is 5.63. The van der Waals surface area contributed by atoms with E-state index < -0.39 is 15.9 Å². The lowest BCUT2D eigenvalue weighted by atomic mass is 10.1. The molecule has 0 saturated carbocycles. The molecular formula is C19H28N4O4S. The molecule has 8 nitrogen and oxygen atoms in total. The third-order valence-electron chi connectivity index (χ3n) is 5.29. The molecule has 1 unspecified atom stereocenters. The van der Waals surface area contributed by atoms with E-state index >= 15 is 0 Å². The molecule has 2 N–H and O–H groups in total. The molecule has 2 fully saturated rings. The number of piperidine rings is 1. The van der Waals surface area contributed by atoms with E-state index in [1.165, 1.54) is 10.4 Å². The number of carbonyl (C=O) groups is 2. The van der Waals surface area contributed by atoms with Crippen LogP contribution in [0.15, 0.2) is 29.2 Å². The summed E-state index contributed by atoms with van der Waals surface area (Å²) >= 11 is 0. The van der Waals surface area contributed by atoms with Gasteiger partial charge in [-0.25, -0.2) is 8.42 Å². The number of carbonyl (C=O) groups excluding carboxylic acids is 2. The van der Waals surface area contributed by atoms with Crippen LogP contribution in [0.4, 0.5) is 0 Å². The first-order valence-corrected chi connectivity index (χ1v) is 11.2. The fraction of sp³-hybridized carbons (Fsp3) is 0.579. The zero-order valence-electron chi connectivity index (χ0n) is 16.2. The van der Waals surface area contributed by atoms with Gasteiger partial charge >= 0.3 is 0 Å². The molecule has 1 aromatic carbocycles. The number of amides is 2. The Balaban J connectivity index is 1.69. The summed E-state index contributed by atoms with van der Waals surface area (Å²) < 4.78 is 27.9. The Morgan fingerprint density at radius 1 is 1.25 bits per heavy atom. The summed E-state index contributed by atoms with van der Waals surface area (Å²) in [5.74, 6) is -0.435. The summed E-state index contributed by atoms with van der Waals surface area (Å²) in [5.41, 5.74) is 0.164.